The zero-order valence-electron chi connectivity index (χ0n) is 19.6. The van der Waals surface area contributed by atoms with Crippen LogP contribution in [0.15, 0.2) is 64.8 Å². The number of fused-ring (bicyclic) bond motifs is 1. The molecular formula is C28H31N3OS. The van der Waals surface area contributed by atoms with Crippen LogP contribution >= 0.6 is 11.3 Å². The minimum atomic E-state index is 0.0679. The number of aryl methyl sites for hydroxylation is 1. The highest BCUT2D eigenvalue weighted by molar-refractivity contribution is 7.13. The molecule has 1 aliphatic heterocycles. The fourth-order valence-corrected chi connectivity index (χ4v) is 5.71. The Bertz CT molecular complexity index is 1320. The van der Waals surface area contributed by atoms with Crippen LogP contribution < -0.4 is 5.56 Å². The Morgan fingerprint density at radius 3 is 2.73 bits per heavy atom. The summed E-state index contributed by atoms with van der Waals surface area (Å²) in [7, 11) is 0. The number of nitrogens with zero attached hydrogens (tertiary/aromatic N) is 3. The smallest absolute Gasteiger partial charge is 0.261 e. The van der Waals surface area contributed by atoms with Crippen LogP contribution in [0.4, 0.5) is 0 Å². The van der Waals surface area contributed by atoms with Gasteiger partial charge in [0.05, 0.1) is 10.9 Å². The van der Waals surface area contributed by atoms with Crippen molar-refractivity contribution >= 4 is 22.2 Å². The molecule has 0 saturated carbocycles. The number of rotatable bonds is 5. The first kappa shape index (κ1) is 22.1. The highest BCUT2D eigenvalue weighted by atomic mass is 32.1. The van der Waals surface area contributed by atoms with Gasteiger partial charge in [0.25, 0.3) is 5.56 Å². The molecule has 1 aliphatic rings. The number of thiophene rings is 1. The first-order valence-corrected chi connectivity index (χ1v) is 12.8. The van der Waals surface area contributed by atoms with Crippen molar-refractivity contribution in [2.24, 2.45) is 5.92 Å². The van der Waals surface area contributed by atoms with Crippen molar-refractivity contribution in [2.75, 3.05) is 13.1 Å². The number of benzene rings is 2. The van der Waals surface area contributed by atoms with E-state index < -0.39 is 0 Å². The second-order valence-corrected chi connectivity index (χ2v) is 10.4. The zero-order valence-corrected chi connectivity index (χ0v) is 20.4. The van der Waals surface area contributed by atoms with Crippen LogP contribution in [-0.2, 0) is 6.54 Å². The molecule has 170 valence electrons. The van der Waals surface area contributed by atoms with E-state index in [1.807, 2.05) is 34.9 Å². The van der Waals surface area contributed by atoms with Crippen LogP contribution in [0.3, 0.4) is 0 Å². The van der Waals surface area contributed by atoms with E-state index in [0.717, 1.165) is 47.5 Å². The molecule has 0 amide bonds. The molecule has 2 aromatic carbocycles. The van der Waals surface area contributed by atoms with Crippen LogP contribution in [0.25, 0.3) is 32.7 Å². The van der Waals surface area contributed by atoms with Crippen molar-refractivity contribution in [1.29, 1.82) is 0 Å². The Labute approximate surface area is 199 Å². The van der Waals surface area contributed by atoms with Crippen molar-refractivity contribution in [1.82, 2.24) is 14.5 Å². The van der Waals surface area contributed by atoms with Crippen LogP contribution in [0.2, 0.25) is 0 Å². The summed E-state index contributed by atoms with van der Waals surface area (Å²) in [6.07, 6.45) is 2.33. The predicted octanol–water partition coefficient (Wildman–Crippen LogP) is 6.22. The van der Waals surface area contributed by atoms with Crippen molar-refractivity contribution < 1.29 is 0 Å². The van der Waals surface area contributed by atoms with Crippen LogP contribution in [0.5, 0.6) is 0 Å². The maximum Gasteiger partial charge on any atom is 0.261 e. The first-order chi connectivity index (χ1) is 16.0. The second-order valence-electron chi connectivity index (χ2n) is 9.47. The lowest BCUT2D eigenvalue weighted by atomic mass is 9.96. The molecular weight excluding hydrogens is 426 g/mol. The zero-order chi connectivity index (χ0) is 22.9. The monoisotopic (exact) mass is 457 g/mol. The quantitative estimate of drug-likeness (QED) is 0.357. The Balaban J connectivity index is 1.65. The minimum Gasteiger partial charge on any atom is -0.301 e. The van der Waals surface area contributed by atoms with Crippen LogP contribution in [0, 0.1) is 12.8 Å². The summed E-state index contributed by atoms with van der Waals surface area (Å²) in [6, 6.07) is 19.0. The molecule has 1 unspecified atom stereocenters. The fraction of sp³-hybridized carbons (Fsp3) is 0.357. The predicted molar refractivity (Wildman–Crippen MR) is 139 cm³/mol. The Kier molecular flexibility index (Phi) is 6.17. The minimum absolute atomic E-state index is 0.0679. The summed E-state index contributed by atoms with van der Waals surface area (Å²) in [5, 5.41) is 2.77. The van der Waals surface area contributed by atoms with Gasteiger partial charge >= 0.3 is 0 Å². The van der Waals surface area contributed by atoms with Gasteiger partial charge in [0.1, 0.15) is 5.82 Å². The lowest BCUT2D eigenvalue weighted by molar-refractivity contribution is 0.130. The fourth-order valence-electron chi connectivity index (χ4n) is 4.99. The topological polar surface area (TPSA) is 38.1 Å². The SMILES string of the molecule is Cc1ccccc1-c1nc2ccc(-c3cccs3)cc2c(=O)n1CC1CCCN(C(C)C)C1. The highest BCUT2D eigenvalue weighted by Gasteiger charge is 2.24. The van der Waals surface area contributed by atoms with Gasteiger partial charge in [-0.25, -0.2) is 4.98 Å². The van der Waals surface area contributed by atoms with Crippen LogP contribution in [-0.4, -0.2) is 33.6 Å². The molecule has 0 spiro atoms. The lowest BCUT2D eigenvalue weighted by Crippen LogP contribution is -2.42. The van der Waals surface area contributed by atoms with Gasteiger partial charge in [-0.2, -0.15) is 0 Å². The second kappa shape index (κ2) is 9.24. The molecule has 0 N–H and O–H groups in total. The summed E-state index contributed by atoms with van der Waals surface area (Å²) < 4.78 is 1.96. The summed E-state index contributed by atoms with van der Waals surface area (Å²) in [5.74, 6) is 1.23. The number of likely N-dealkylation sites (tertiary alicyclic amines) is 1. The van der Waals surface area contributed by atoms with Gasteiger partial charge in [0, 0.05) is 29.6 Å². The molecule has 33 heavy (non-hydrogen) atoms. The first-order valence-electron chi connectivity index (χ1n) is 11.9. The largest absolute Gasteiger partial charge is 0.301 e. The van der Waals surface area contributed by atoms with Gasteiger partial charge in [-0.05, 0) is 80.8 Å². The number of hydrogen-bond acceptors (Lipinski definition) is 4. The highest BCUT2D eigenvalue weighted by Crippen LogP contribution is 2.29. The molecule has 1 atom stereocenters. The molecule has 1 fully saturated rings. The van der Waals surface area contributed by atoms with Gasteiger partial charge in [-0.15, -0.1) is 11.3 Å². The average Bonchev–Trinajstić information content (AvgIpc) is 3.36. The summed E-state index contributed by atoms with van der Waals surface area (Å²) in [6.45, 7) is 9.50. The van der Waals surface area contributed by atoms with Crippen molar-refractivity contribution in [3.8, 4) is 21.8 Å². The molecule has 3 heterocycles. The molecule has 0 radical (unpaired) electrons. The standard InChI is InChI=1S/C28H31N3OS/c1-19(2)30-14-6-9-21(17-30)18-31-27(23-10-5-4-8-20(23)3)29-25-13-12-22(16-24(25)28(31)32)26-11-7-15-33-26/h4-5,7-8,10-13,15-16,19,21H,6,9,14,17-18H2,1-3H3. The van der Waals surface area contributed by atoms with E-state index in [0.29, 0.717) is 23.9 Å². The molecule has 4 aromatic rings. The molecule has 4 nitrogen and oxygen atoms in total. The van der Waals surface area contributed by atoms with Gasteiger partial charge in [0.15, 0.2) is 0 Å². The van der Waals surface area contributed by atoms with E-state index in [4.69, 9.17) is 4.98 Å². The van der Waals surface area contributed by atoms with E-state index in [1.165, 1.54) is 11.3 Å². The Hall–Kier alpha value is -2.76. The molecule has 5 heteroatoms. The van der Waals surface area contributed by atoms with E-state index in [-0.39, 0.29) is 5.56 Å². The maximum absolute atomic E-state index is 14.0. The van der Waals surface area contributed by atoms with E-state index in [9.17, 15) is 4.79 Å². The average molecular weight is 458 g/mol. The lowest BCUT2D eigenvalue weighted by Gasteiger charge is -2.36. The van der Waals surface area contributed by atoms with Crippen molar-refractivity contribution in [2.45, 2.75) is 46.2 Å². The number of hydrogen-bond donors (Lipinski definition) is 0. The third-order valence-corrected chi connectivity index (χ3v) is 7.79. The Morgan fingerprint density at radius 2 is 1.97 bits per heavy atom. The summed E-state index contributed by atoms with van der Waals surface area (Å²) in [5.41, 5.74) is 4.09. The van der Waals surface area contributed by atoms with E-state index in [2.05, 4.69) is 55.3 Å². The Morgan fingerprint density at radius 1 is 1.12 bits per heavy atom. The van der Waals surface area contributed by atoms with Gasteiger partial charge in [0.2, 0.25) is 0 Å². The molecule has 1 saturated heterocycles. The molecule has 0 aliphatic carbocycles. The summed E-state index contributed by atoms with van der Waals surface area (Å²) >= 11 is 1.69. The molecule has 0 bridgehead atoms. The van der Waals surface area contributed by atoms with E-state index >= 15 is 0 Å². The van der Waals surface area contributed by atoms with Gasteiger partial charge < -0.3 is 4.90 Å². The van der Waals surface area contributed by atoms with Gasteiger partial charge in [-0.3, -0.25) is 9.36 Å². The maximum atomic E-state index is 14.0. The third kappa shape index (κ3) is 4.40. The normalized spacial score (nSPS) is 17.2. The number of aromatic nitrogens is 2. The van der Waals surface area contributed by atoms with Gasteiger partial charge in [-0.1, -0.05) is 36.4 Å². The number of piperidine rings is 1. The van der Waals surface area contributed by atoms with Crippen LogP contribution in [0.1, 0.15) is 32.3 Å². The van der Waals surface area contributed by atoms with Crippen molar-refractivity contribution in [3.63, 3.8) is 0 Å². The van der Waals surface area contributed by atoms with Crippen molar-refractivity contribution in [3.05, 3.63) is 75.9 Å². The van der Waals surface area contributed by atoms with E-state index in [1.54, 1.807) is 11.3 Å². The summed E-state index contributed by atoms with van der Waals surface area (Å²) in [4.78, 5) is 22.7. The third-order valence-electron chi connectivity index (χ3n) is 6.87. The molecule has 2 aromatic heterocycles. The molecule has 5 rings (SSSR count).